The van der Waals surface area contributed by atoms with Gasteiger partial charge in [-0.3, -0.25) is 9.80 Å². The minimum absolute atomic E-state index is 0.0185. The Labute approximate surface area is 418 Å². The van der Waals surface area contributed by atoms with Gasteiger partial charge in [-0.05, 0) is 94.0 Å². The Morgan fingerprint density at radius 1 is 0.878 bits per heavy atom. The van der Waals surface area contributed by atoms with Gasteiger partial charge in [0.2, 0.25) is 12.0 Å². The fourth-order valence-electron chi connectivity index (χ4n) is 11.2. The Morgan fingerprint density at radius 3 is 2.05 bits per heavy atom. The van der Waals surface area contributed by atoms with E-state index < -0.39 is 148 Å². The van der Waals surface area contributed by atoms with Crippen LogP contribution in [0.25, 0.3) is 22.2 Å². The molecule has 396 valence electrons. The van der Waals surface area contributed by atoms with Crippen molar-refractivity contribution < 1.29 is 72.4 Å². The summed E-state index contributed by atoms with van der Waals surface area (Å²) in [6, 6.07) is 9.32. The van der Waals surface area contributed by atoms with E-state index in [1.54, 1.807) is 69.3 Å². The average Bonchev–Trinajstić information content (AvgIpc) is 3.67. The van der Waals surface area contributed by atoms with E-state index in [-0.39, 0.29) is 38.9 Å². The summed E-state index contributed by atoms with van der Waals surface area (Å²) >= 11 is 0. The number of rotatable bonds is 11. The third-order valence-electron chi connectivity index (χ3n) is 14.6. The monoisotopic (exact) mass is 1050 g/mol. The molecule has 4 saturated heterocycles. The lowest BCUT2D eigenvalue weighted by Crippen LogP contribution is -2.68. The number of fused-ring (bicyclic) bond motifs is 6. The van der Waals surface area contributed by atoms with E-state index in [9.17, 15) is 13.6 Å². The zero-order valence-corrected chi connectivity index (χ0v) is 40.9. The van der Waals surface area contributed by atoms with Crippen LogP contribution in [0.5, 0.6) is 23.4 Å². The number of methoxy groups -OCH3 is 2. The predicted octanol–water partition coefficient (Wildman–Crippen LogP) is 10.7. The van der Waals surface area contributed by atoms with Crippen molar-refractivity contribution in [2.75, 3.05) is 50.3 Å². The van der Waals surface area contributed by atoms with Crippen LogP contribution in [0.1, 0.15) is 68.7 Å². The third kappa shape index (κ3) is 9.15. The van der Waals surface area contributed by atoms with Crippen molar-refractivity contribution in [1.82, 2.24) is 24.8 Å². The largest absolute Gasteiger partial charge is 0.497 e. The lowest BCUT2D eigenvalue weighted by molar-refractivity contribution is -0.206. The molecule has 2 bridgehead atoms. The second-order valence-corrected chi connectivity index (χ2v) is 20.6. The number of halogens is 10. The van der Waals surface area contributed by atoms with E-state index >= 15 is 35.1 Å². The van der Waals surface area contributed by atoms with Gasteiger partial charge in [0.05, 0.1) is 55.7 Å². The number of carbonyl (C=O) groups is 1. The minimum atomic E-state index is -5.42. The molecule has 2 aromatic heterocycles. The summed E-state index contributed by atoms with van der Waals surface area (Å²) in [5.74, 6) is -6.47. The smallest absolute Gasteiger partial charge is 0.427 e. The Bertz CT molecular complexity index is 2940. The molecule has 74 heavy (non-hydrogen) atoms. The molecule has 23 heteroatoms. The molecule has 5 aromatic rings. The van der Waals surface area contributed by atoms with Gasteiger partial charge in [0.15, 0.2) is 5.82 Å². The molecular formula is C51H51F10N7O6. The summed E-state index contributed by atoms with van der Waals surface area (Å²) < 4.78 is 187. The fraction of sp³-hybridized carbons (Fsp3) is 0.490. The molecule has 7 heterocycles. The molecule has 0 radical (unpaired) electrons. The number of ether oxygens (including phenoxy) is 5. The van der Waals surface area contributed by atoms with Crippen LogP contribution in [0.15, 0.2) is 54.6 Å². The molecule has 5 atom stereocenters. The first-order valence-corrected chi connectivity index (χ1v) is 23.9. The number of hydrogen-bond donors (Lipinski definition) is 0. The van der Waals surface area contributed by atoms with Gasteiger partial charge in [-0.2, -0.15) is 36.3 Å². The standard InChI is InChI=1S/C51H51F10N7O6/c1-26-36(50(56,57)58)32(19-34(37(26)52)65(20-27-7-12-30(70-5)13-8-27)21-28-9-14-31(71-6)15-10-28)39-38(53)40-35-43(64-45(63-40)72-25-48-17-18-66(48)24-49(54,55)23-48)67-22-29-11-16-33(68(29)46(69)74-47(2,3)4)41(67)42(51(59,60)61)73-44(35)62-39/h7-10,12-15,19,29,33,41-42H,11,16-18,20-25H2,1-6H3/t29-,33+,41+,42-,48?/m1/s1. The Balaban J connectivity index is 1.18. The van der Waals surface area contributed by atoms with Crippen LogP contribution in [-0.4, -0.2) is 119 Å². The molecule has 0 aliphatic carbocycles. The van der Waals surface area contributed by atoms with E-state index in [0.29, 0.717) is 29.2 Å². The summed E-state index contributed by atoms with van der Waals surface area (Å²) in [6.45, 7) is 4.31. The Kier molecular flexibility index (Phi) is 12.5. The van der Waals surface area contributed by atoms with Crippen LogP contribution >= 0.6 is 0 Å². The van der Waals surface area contributed by atoms with Crippen molar-refractivity contribution in [2.24, 2.45) is 0 Å². The van der Waals surface area contributed by atoms with Crippen LogP contribution in [-0.2, 0) is 24.0 Å². The number of amides is 1. The quantitative estimate of drug-likeness (QED) is 0.117. The Hall–Kier alpha value is -6.52. The van der Waals surface area contributed by atoms with Gasteiger partial charge in [0.1, 0.15) is 51.9 Å². The Morgan fingerprint density at radius 2 is 1.51 bits per heavy atom. The highest BCUT2D eigenvalue weighted by Crippen LogP contribution is 2.52. The first kappa shape index (κ1) is 51.0. The lowest BCUT2D eigenvalue weighted by atomic mass is 9.85. The summed E-state index contributed by atoms with van der Waals surface area (Å²) in [5, 5.41) is -0.565. The molecule has 5 aliphatic heterocycles. The second-order valence-electron chi connectivity index (χ2n) is 20.6. The average molecular weight is 1050 g/mol. The van der Waals surface area contributed by atoms with E-state index in [4.69, 9.17) is 23.7 Å². The number of piperazine rings is 1. The first-order chi connectivity index (χ1) is 34.8. The minimum Gasteiger partial charge on any atom is -0.497 e. The predicted molar refractivity (Wildman–Crippen MR) is 249 cm³/mol. The van der Waals surface area contributed by atoms with Crippen molar-refractivity contribution in [2.45, 2.75) is 120 Å². The molecule has 4 fully saturated rings. The summed E-state index contributed by atoms with van der Waals surface area (Å²) in [5.41, 5.74) is -7.42. The number of benzene rings is 3. The molecule has 13 nitrogen and oxygen atoms in total. The number of carbonyl (C=O) groups excluding carboxylic acids is 1. The highest BCUT2D eigenvalue weighted by atomic mass is 19.4. The van der Waals surface area contributed by atoms with E-state index in [1.165, 1.54) is 33.8 Å². The molecule has 3 aromatic carbocycles. The van der Waals surface area contributed by atoms with Crippen molar-refractivity contribution >= 4 is 28.5 Å². The third-order valence-corrected chi connectivity index (χ3v) is 14.6. The van der Waals surface area contributed by atoms with Gasteiger partial charge in [-0.15, -0.1) is 0 Å². The number of alkyl halides is 8. The van der Waals surface area contributed by atoms with Gasteiger partial charge in [-0.1, -0.05) is 24.3 Å². The maximum atomic E-state index is 18.0. The zero-order chi connectivity index (χ0) is 53.0. The normalized spacial score (nSPS) is 23.1. The highest BCUT2D eigenvalue weighted by Gasteiger charge is 2.62. The fourth-order valence-corrected chi connectivity index (χ4v) is 11.2. The van der Waals surface area contributed by atoms with Crippen LogP contribution < -0.4 is 28.7 Å². The SMILES string of the molecule is COc1ccc(CN(Cc2ccc(OC)cc2)c2cc(-c3nc4c5c(nc(OCC67CCN6CC(F)(F)C7)nc5c3F)N3C[C@H]5CC[C@@H]([C@H]3[C@H](C(F)(F)F)O4)N5C(=O)OC(C)(C)C)c(C(F)(F)F)c(C)c2F)cc1. The van der Waals surface area contributed by atoms with Gasteiger partial charge in [-0.25, -0.2) is 27.3 Å². The molecule has 0 spiro atoms. The number of hydrogen-bond acceptors (Lipinski definition) is 12. The molecule has 1 amide bonds. The summed E-state index contributed by atoms with van der Waals surface area (Å²) in [6.07, 6.45) is -14.6. The molecule has 10 rings (SSSR count). The molecule has 1 unspecified atom stereocenters. The van der Waals surface area contributed by atoms with E-state index in [0.717, 1.165) is 13.0 Å². The number of nitrogens with zero attached hydrogens (tertiary/aromatic N) is 7. The van der Waals surface area contributed by atoms with Crippen molar-refractivity contribution in [3.8, 4) is 34.6 Å². The molecule has 0 saturated carbocycles. The number of aromatic nitrogens is 3. The van der Waals surface area contributed by atoms with Gasteiger partial charge >= 0.3 is 24.5 Å². The maximum Gasteiger partial charge on any atom is 0.427 e. The molecular weight excluding hydrogens is 997 g/mol. The van der Waals surface area contributed by atoms with Crippen molar-refractivity contribution in [1.29, 1.82) is 0 Å². The number of pyridine rings is 1. The summed E-state index contributed by atoms with van der Waals surface area (Å²) in [7, 11) is 2.90. The maximum absolute atomic E-state index is 18.0. The van der Waals surface area contributed by atoms with Gasteiger partial charge in [0.25, 0.3) is 5.92 Å². The lowest BCUT2D eigenvalue weighted by Gasteiger charge is -2.48. The van der Waals surface area contributed by atoms with Gasteiger partial charge < -0.3 is 33.5 Å². The van der Waals surface area contributed by atoms with Crippen molar-refractivity contribution in [3.05, 3.63) is 88.5 Å². The van der Waals surface area contributed by atoms with Crippen LogP contribution in [0.4, 0.5) is 60.2 Å². The topological polar surface area (TPSA) is 115 Å². The van der Waals surface area contributed by atoms with Gasteiger partial charge in [0, 0.05) is 38.2 Å². The van der Waals surface area contributed by atoms with E-state index in [1.807, 2.05) is 0 Å². The molecule has 0 N–H and O–H groups in total. The van der Waals surface area contributed by atoms with E-state index in [2.05, 4.69) is 15.0 Å². The molecule has 5 aliphatic rings. The van der Waals surface area contributed by atoms with Crippen LogP contribution in [0.2, 0.25) is 0 Å². The summed E-state index contributed by atoms with van der Waals surface area (Å²) in [4.78, 5) is 32.1. The second kappa shape index (κ2) is 18.1. The first-order valence-electron chi connectivity index (χ1n) is 23.9. The van der Waals surface area contributed by atoms with Crippen molar-refractivity contribution in [3.63, 3.8) is 0 Å². The highest BCUT2D eigenvalue weighted by molar-refractivity contribution is 5.98. The number of anilines is 2. The van der Waals surface area contributed by atoms with Crippen LogP contribution in [0.3, 0.4) is 0 Å². The zero-order valence-electron chi connectivity index (χ0n) is 40.9. The van der Waals surface area contributed by atoms with Crippen LogP contribution in [0, 0.1) is 18.6 Å².